The van der Waals surface area contributed by atoms with Gasteiger partial charge in [-0.15, -0.1) is 0 Å². The molecule has 0 aliphatic heterocycles. The van der Waals surface area contributed by atoms with E-state index in [0.717, 1.165) is 6.54 Å². The number of amides is 1. The Hall–Kier alpha value is -0.570. The van der Waals surface area contributed by atoms with Gasteiger partial charge in [0.1, 0.15) is 0 Å². The molecule has 1 aliphatic carbocycles. The second-order valence-corrected chi connectivity index (χ2v) is 4.68. The van der Waals surface area contributed by atoms with Crippen LogP contribution in [-0.4, -0.2) is 26.0 Å². The fraction of sp³-hybridized carbons (Fsp3) is 0.909. The molecule has 0 spiro atoms. The molecule has 0 bridgehead atoms. The van der Waals surface area contributed by atoms with E-state index in [2.05, 4.69) is 17.6 Å². The summed E-state index contributed by atoms with van der Waals surface area (Å²) < 4.78 is 0. The second kappa shape index (κ2) is 5.35. The molecule has 0 saturated heterocycles. The molecule has 2 N–H and O–H groups in total. The average Bonchev–Trinajstić information content (AvgIpc) is 2.17. The summed E-state index contributed by atoms with van der Waals surface area (Å²) in [6.07, 6.45) is 6.51. The zero-order valence-electron chi connectivity index (χ0n) is 9.36. The van der Waals surface area contributed by atoms with Crippen molar-refractivity contribution in [1.82, 2.24) is 10.6 Å². The highest BCUT2D eigenvalue weighted by molar-refractivity contribution is 5.77. The minimum Gasteiger partial charge on any atom is -0.354 e. The van der Waals surface area contributed by atoms with Crippen molar-refractivity contribution in [1.29, 1.82) is 0 Å². The fourth-order valence-corrected chi connectivity index (χ4v) is 2.12. The van der Waals surface area contributed by atoms with E-state index >= 15 is 0 Å². The monoisotopic (exact) mass is 198 g/mol. The van der Waals surface area contributed by atoms with Gasteiger partial charge in [0.25, 0.3) is 0 Å². The van der Waals surface area contributed by atoms with Crippen molar-refractivity contribution in [2.45, 2.75) is 39.0 Å². The summed E-state index contributed by atoms with van der Waals surface area (Å²) in [5.41, 5.74) is 0.349. The molecule has 1 amide bonds. The molecule has 3 nitrogen and oxygen atoms in total. The molecule has 82 valence electrons. The topological polar surface area (TPSA) is 41.1 Å². The first kappa shape index (κ1) is 11.5. The quantitative estimate of drug-likeness (QED) is 0.714. The van der Waals surface area contributed by atoms with Gasteiger partial charge in [-0.25, -0.2) is 0 Å². The molecule has 1 saturated carbocycles. The van der Waals surface area contributed by atoms with E-state index in [9.17, 15) is 4.79 Å². The highest BCUT2D eigenvalue weighted by Gasteiger charge is 2.26. The molecule has 1 aliphatic rings. The third-order valence-electron chi connectivity index (χ3n) is 3.11. The van der Waals surface area contributed by atoms with Gasteiger partial charge in [0.2, 0.25) is 5.91 Å². The van der Waals surface area contributed by atoms with Gasteiger partial charge in [-0.1, -0.05) is 26.2 Å². The molecule has 0 radical (unpaired) electrons. The van der Waals surface area contributed by atoms with E-state index in [0.29, 0.717) is 12.0 Å². The smallest absolute Gasteiger partial charge is 0.233 e. The zero-order chi connectivity index (χ0) is 10.4. The summed E-state index contributed by atoms with van der Waals surface area (Å²) in [4.78, 5) is 11.3. The maximum atomic E-state index is 11.3. The minimum absolute atomic E-state index is 0.110. The molecule has 0 aromatic carbocycles. The maximum Gasteiger partial charge on any atom is 0.233 e. The van der Waals surface area contributed by atoms with Gasteiger partial charge in [0, 0.05) is 6.54 Å². The Kier molecular flexibility index (Phi) is 4.39. The van der Waals surface area contributed by atoms with Gasteiger partial charge in [0.05, 0.1) is 6.54 Å². The van der Waals surface area contributed by atoms with Crippen molar-refractivity contribution < 1.29 is 4.79 Å². The summed E-state index contributed by atoms with van der Waals surface area (Å²) in [5, 5.41) is 5.85. The van der Waals surface area contributed by atoms with Gasteiger partial charge >= 0.3 is 0 Å². The van der Waals surface area contributed by atoms with Crippen LogP contribution in [0.1, 0.15) is 39.0 Å². The lowest BCUT2D eigenvalue weighted by atomic mass is 9.76. The van der Waals surface area contributed by atoms with E-state index in [1.807, 2.05) is 0 Å². The summed E-state index contributed by atoms with van der Waals surface area (Å²) in [6.45, 7) is 3.55. The van der Waals surface area contributed by atoms with Crippen LogP contribution in [0.15, 0.2) is 0 Å². The summed E-state index contributed by atoms with van der Waals surface area (Å²) >= 11 is 0. The number of hydrogen-bond donors (Lipinski definition) is 2. The van der Waals surface area contributed by atoms with Crippen molar-refractivity contribution in [3.8, 4) is 0 Å². The number of rotatable bonds is 4. The molecular weight excluding hydrogens is 176 g/mol. The Morgan fingerprint density at radius 3 is 2.50 bits per heavy atom. The first-order valence-electron chi connectivity index (χ1n) is 5.58. The van der Waals surface area contributed by atoms with Gasteiger partial charge < -0.3 is 10.6 Å². The standard InChI is InChI=1S/C11H22N2O/c1-11(6-4-3-5-7-11)9-13-10(14)8-12-2/h12H,3-9H2,1-2H3,(H,13,14). The lowest BCUT2D eigenvalue weighted by Gasteiger charge is -2.33. The average molecular weight is 198 g/mol. The number of likely N-dealkylation sites (N-methyl/N-ethyl adjacent to an activating group) is 1. The Labute approximate surface area is 86.6 Å². The Morgan fingerprint density at radius 2 is 1.93 bits per heavy atom. The van der Waals surface area contributed by atoms with E-state index in [1.165, 1.54) is 32.1 Å². The highest BCUT2D eigenvalue weighted by Crippen LogP contribution is 2.34. The predicted molar refractivity (Wildman–Crippen MR) is 58.1 cm³/mol. The lowest BCUT2D eigenvalue weighted by Crippen LogP contribution is -2.40. The van der Waals surface area contributed by atoms with Crippen molar-refractivity contribution in [2.24, 2.45) is 5.41 Å². The van der Waals surface area contributed by atoms with Crippen LogP contribution in [0.4, 0.5) is 0 Å². The predicted octanol–water partition coefficient (Wildman–Crippen LogP) is 1.29. The van der Waals surface area contributed by atoms with E-state index in [1.54, 1.807) is 7.05 Å². The van der Waals surface area contributed by atoms with Crippen LogP contribution in [0, 0.1) is 5.41 Å². The first-order valence-corrected chi connectivity index (χ1v) is 5.58. The van der Waals surface area contributed by atoms with E-state index < -0.39 is 0 Å². The van der Waals surface area contributed by atoms with Gasteiger partial charge in [-0.2, -0.15) is 0 Å². The van der Waals surface area contributed by atoms with Crippen molar-refractivity contribution >= 4 is 5.91 Å². The van der Waals surface area contributed by atoms with Crippen LogP contribution in [-0.2, 0) is 4.79 Å². The highest BCUT2D eigenvalue weighted by atomic mass is 16.1. The molecule has 1 rings (SSSR count). The Balaban J connectivity index is 2.24. The van der Waals surface area contributed by atoms with Crippen molar-refractivity contribution in [3.05, 3.63) is 0 Å². The van der Waals surface area contributed by atoms with Crippen LogP contribution in [0.5, 0.6) is 0 Å². The van der Waals surface area contributed by atoms with Gasteiger partial charge in [-0.3, -0.25) is 4.79 Å². The molecule has 0 atom stereocenters. The van der Waals surface area contributed by atoms with Crippen LogP contribution in [0.2, 0.25) is 0 Å². The van der Waals surface area contributed by atoms with Crippen molar-refractivity contribution in [2.75, 3.05) is 20.1 Å². The second-order valence-electron chi connectivity index (χ2n) is 4.68. The summed E-state index contributed by atoms with van der Waals surface area (Å²) in [6, 6.07) is 0. The van der Waals surface area contributed by atoms with Crippen LogP contribution >= 0.6 is 0 Å². The molecule has 0 aromatic heterocycles. The molecule has 14 heavy (non-hydrogen) atoms. The lowest BCUT2D eigenvalue weighted by molar-refractivity contribution is -0.120. The molecular formula is C11H22N2O. The van der Waals surface area contributed by atoms with Crippen LogP contribution in [0.25, 0.3) is 0 Å². The third kappa shape index (κ3) is 3.66. The van der Waals surface area contributed by atoms with E-state index in [4.69, 9.17) is 0 Å². The number of carbonyl (C=O) groups is 1. The minimum atomic E-state index is 0.110. The number of hydrogen-bond acceptors (Lipinski definition) is 2. The SMILES string of the molecule is CNCC(=O)NCC1(C)CCCCC1. The van der Waals surface area contributed by atoms with E-state index in [-0.39, 0.29) is 5.91 Å². The molecule has 0 aromatic rings. The molecule has 0 heterocycles. The summed E-state index contributed by atoms with van der Waals surface area (Å²) in [7, 11) is 1.79. The number of carbonyl (C=O) groups excluding carboxylic acids is 1. The first-order chi connectivity index (χ1) is 6.66. The fourth-order valence-electron chi connectivity index (χ4n) is 2.12. The van der Waals surface area contributed by atoms with Gasteiger partial charge in [0.15, 0.2) is 0 Å². The Morgan fingerprint density at radius 1 is 1.29 bits per heavy atom. The van der Waals surface area contributed by atoms with Crippen molar-refractivity contribution in [3.63, 3.8) is 0 Å². The molecule has 1 fully saturated rings. The Bertz CT molecular complexity index is 186. The third-order valence-corrected chi connectivity index (χ3v) is 3.11. The number of nitrogens with one attached hydrogen (secondary N) is 2. The van der Waals surface area contributed by atoms with Crippen LogP contribution < -0.4 is 10.6 Å². The van der Waals surface area contributed by atoms with Crippen LogP contribution in [0.3, 0.4) is 0 Å². The maximum absolute atomic E-state index is 11.3. The molecule has 0 unspecified atom stereocenters. The largest absolute Gasteiger partial charge is 0.354 e. The van der Waals surface area contributed by atoms with Gasteiger partial charge in [-0.05, 0) is 25.3 Å². The molecule has 3 heteroatoms. The zero-order valence-corrected chi connectivity index (χ0v) is 9.36. The normalized spacial score (nSPS) is 20.4. The summed E-state index contributed by atoms with van der Waals surface area (Å²) in [5.74, 6) is 0.110.